The van der Waals surface area contributed by atoms with Gasteiger partial charge in [0.2, 0.25) is 5.91 Å². The lowest BCUT2D eigenvalue weighted by Crippen LogP contribution is -2.40. The van der Waals surface area contributed by atoms with Gasteiger partial charge in [-0.3, -0.25) is 4.79 Å². The van der Waals surface area contributed by atoms with Gasteiger partial charge in [0.15, 0.2) is 11.6 Å². The summed E-state index contributed by atoms with van der Waals surface area (Å²) in [6.45, 7) is 5.61. The summed E-state index contributed by atoms with van der Waals surface area (Å²) in [7, 11) is 0. The van der Waals surface area contributed by atoms with Crippen LogP contribution in [0.15, 0.2) is 40.9 Å². The minimum absolute atomic E-state index is 0.109. The predicted molar refractivity (Wildman–Crippen MR) is 136 cm³/mol. The number of carbonyl (C=O) groups excluding carboxylic acids is 1. The van der Waals surface area contributed by atoms with E-state index in [4.69, 9.17) is 9.51 Å². The second-order valence-electron chi connectivity index (χ2n) is 9.99. The van der Waals surface area contributed by atoms with Crippen molar-refractivity contribution in [1.82, 2.24) is 20.0 Å². The van der Waals surface area contributed by atoms with E-state index in [1.807, 2.05) is 13.8 Å². The molecule has 4 aromatic rings. The quantitative estimate of drug-likeness (QED) is 0.381. The first-order chi connectivity index (χ1) is 17.9. The first-order valence-corrected chi connectivity index (χ1v) is 12.9. The van der Waals surface area contributed by atoms with E-state index in [2.05, 4.69) is 33.2 Å². The normalized spacial score (nSPS) is 19.2. The molecule has 1 N–H and O–H groups in total. The minimum atomic E-state index is -0.967. The number of aromatic nitrogens is 3. The molecular formula is C28H29F2N5O2. The van der Waals surface area contributed by atoms with Crippen LogP contribution in [0, 0.1) is 25.5 Å². The zero-order valence-corrected chi connectivity index (χ0v) is 20.9. The third kappa shape index (κ3) is 4.11. The Hall–Kier alpha value is -3.59. The Morgan fingerprint density at radius 2 is 1.84 bits per heavy atom. The van der Waals surface area contributed by atoms with E-state index in [0.29, 0.717) is 24.9 Å². The molecule has 0 aliphatic carbocycles. The summed E-state index contributed by atoms with van der Waals surface area (Å²) in [6.07, 6.45) is 3.64. The van der Waals surface area contributed by atoms with Crippen LogP contribution in [0.4, 0.5) is 14.5 Å². The number of carbonyl (C=O) groups is 1. The van der Waals surface area contributed by atoms with Crippen LogP contribution >= 0.6 is 0 Å². The number of nitrogens with zero attached hydrogens (tertiary/aromatic N) is 4. The van der Waals surface area contributed by atoms with Crippen molar-refractivity contribution in [3.05, 3.63) is 65.3 Å². The van der Waals surface area contributed by atoms with Crippen molar-refractivity contribution < 1.29 is 18.1 Å². The molecule has 4 heterocycles. The molecule has 2 aliphatic heterocycles. The number of rotatable bonds is 4. The topological polar surface area (TPSA) is 76.2 Å². The molecule has 6 rings (SSSR count). The van der Waals surface area contributed by atoms with Crippen LogP contribution in [0.1, 0.15) is 61.5 Å². The van der Waals surface area contributed by atoms with E-state index < -0.39 is 11.6 Å². The largest absolute Gasteiger partial charge is 0.361 e. The SMILES string of the molecule is Cc1noc(C)c1-c1ccc2c(c1)nc([C@@H]1CCCC(=O)N1c1ccc(F)c(F)c1)n2C1CCNCC1. The summed E-state index contributed by atoms with van der Waals surface area (Å²) in [4.78, 5) is 19.9. The number of piperidine rings is 2. The monoisotopic (exact) mass is 505 g/mol. The maximum Gasteiger partial charge on any atom is 0.227 e. The van der Waals surface area contributed by atoms with Crippen molar-refractivity contribution >= 4 is 22.6 Å². The van der Waals surface area contributed by atoms with Crippen LogP contribution in [0.2, 0.25) is 0 Å². The first kappa shape index (κ1) is 23.8. The lowest BCUT2D eigenvalue weighted by molar-refractivity contribution is -0.120. The van der Waals surface area contributed by atoms with Crippen molar-refractivity contribution in [1.29, 1.82) is 0 Å². The van der Waals surface area contributed by atoms with Crippen molar-refractivity contribution in [2.24, 2.45) is 0 Å². The second kappa shape index (κ2) is 9.37. The Kier molecular flexibility index (Phi) is 6.03. The van der Waals surface area contributed by atoms with Gasteiger partial charge in [0.1, 0.15) is 11.6 Å². The molecule has 0 spiro atoms. The van der Waals surface area contributed by atoms with Gasteiger partial charge in [0.05, 0.1) is 22.8 Å². The van der Waals surface area contributed by atoms with E-state index in [1.54, 1.807) is 4.90 Å². The lowest BCUT2D eigenvalue weighted by atomic mass is 9.98. The van der Waals surface area contributed by atoms with Crippen LogP contribution in [-0.4, -0.2) is 33.7 Å². The fourth-order valence-electron chi connectivity index (χ4n) is 5.93. The van der Waals surface area contributed by atoms with Crippen molar-refractivity contribution in [3.8, 4) is 11.1 Å². The van der Waals surface area contributed by atoms with Crippen LogP contribution < -0.4 is 10.2 Å². The van der Waals surface area contributed by atoms with Crippen LogP contribution in [0.5, 0.6) is 0 Å². The molecule has 9 heteroatoms. The predicted octanol–water partition coefficient (Wildman–Crippen LogP) is 5.77. The Balaban J connectivity index is 1.52. The highest BCUT2D eigenvalue weighted by Gasteiger charge is 2.36. The highest BCUT2D eigenvalue weighted by molar-refractivity contribution is 5.95. The molecule has 1 atom stereocenters. The van der Waals surface area contributed by atoms with Gasteiger partial charge in [-0.25, -0.2) is 13.8 Å². The maximum absolute atomic E-state index is 14.2. The fraction of sp³-hybridized carbons (Fsp3) is 0.393. The number of benzene rings is 2. The van der Waals surface area contributed by atoms with Gasteiger partial charge in [-0.15, -0.1) is 0 Å². The number of aryl methyl sites for hydroxylation is 2. The lowest BCUT2D eigenvalue weighted by Gasteiger charge is -2.37. The maximum atomic E-state index is 14.2. The fourth-order valence-corrected chi connectivity index (χ4v) is 5.93. The smallest absolute Gasteiger partial charge is 0.227 e. The second-order valence-corrected chi connectivity index (χ2v) is 9.99. The molecular weight excluding hydrogens is 476 g/mol. The molecule has 2 saturated heterocycles. The third-order valence-corrected chi connectivity index (χ3v) is 7.64. The zero-order valence-electron chi connectivity index (χ0n) is 20.9. The molecule has 2 aliphatic rings. The summed E-state index contributed by atoms with van der Waals surface area (Å²) >= 11 is 0. The standard InChI is InChI=1S/C28H29F2N5O2/c1-16-27(17(2)37-33-16)18-6-9-24-23(14-18)32-28(35(24)19-10-12-31-13-11-19)25-4-3-5-26(36)34(25)20-7-8-21(29)22(30)15-20/h6-9,14-15,19,25,31H,3-5,10-13H2,1-2H3/t25-/m0/s1. The van der Waals surface area contributed by atoms with Crippen molar-refractivity contribution in [3.63, 3.8) is 0 Å². The molecule has 0 unspecified atom stereocenters. The number of hydrogen-bond donors (Lipinski definition) is 1. The number of fused-ring (bicyclic) bond motifs is 1. The Bertz CT molecular complexity index is 1470. The van der Waals surface area contributed by atoms with Gasteiger partial charge in [-0.2, -0.15) is 0 Å². The summed E-state index contributed by atoms with van der Waals surface area (Å²) < 4.78 is 35.6. The van der Waals surface area contributed by atoms with Crippen LogP contribution in [0.25, 0.3) is 22.2 Å². The Morgan fingerprint density at radius 1 is 1.03 bits per heavy atom. The van der Waals surface area contributed by atoms with E-state index in [0.717, 1.165) is 77.5 Å². The number of halogens is 2. The molecule has 37 heavy (non-hydrogen) atoms. The molecule has 2 aromatic carbocycles. The van der Waals surface area contributed by atoms with Gasteiger partial charge in [0, 0.05) is 29.8 Å². The van der Waals surface area contributed by atoms with Gasteiger partial charge < -0.3 is 19.3 Å². The van der Waals surface area contributed by atoms with E-state index >= 15 is 0 Å². The summed E-state index contributed by atoms with van der Waals surface area (Å²) in [6, 6.07) is 9.70. The van der Waals surface area contributed by atoms with E-state index in [-0.39, 0.29) is 18.0 Å². The summed E-state index contributed by atoms with van der Waals surface area (Å²) in [5.41, 5.74) is 4.93. The minimum Gasteiger partial charge on any atom is -0.361 e. The van der Waals surface area contributed by atoms with E-state index in [1.165, 1.54) is 6.07 Å². The van der Waals surface area contributed by atoms with E-state index in [9.17, 15) is 13.6 Å². The molecule has 2 aromatic heterocycles. The molecule has 0 bridgehead atoms. The molecule has 0 saturated carbocycles. The Morgan fingerprint density at radius 3 is 2.57 bits per heavy atom. The number of imidazole rings is 1. The van der Waals surface area contributed by atoms with Gasteiger partial charge in [-0.05, 0) is 82.4 Å². The highest BCUT2D eigenvalue weighted by atomic mass is 19.2. The van der Waals surface area contributed by atoms with Gasteiger partial charge >= 0.3 is 0 Å². The highest BCUT2D eigenvalue weighted by Crippen LogP contribution is 2.40. The number of anilines is 1. The molecule has 1 amide bonds. The van der Waals surface area contributed by atoms with Crippen LogP contribution in [-0.2, 0) is 4.79 Å². The zero-order chi connectivity index (χ0) is 25.7. The number of nitrogens with one attached hydrogen (secondary N) is 1. The van der Waals surface area contributed by atoms with Gasteiger partial charge in [-0.1, -0.05) is 11.2 Å². The average molecular weight is 506 g/mol. The Labute approximate surface area is 213 Å². The van der Waals surface area contributed by atoms with Gasteiger partial charge in [0.25, 0.3) is 0 Å². The number of amides is 1. The van der Waals surface area contributed by atoms with Crippen molar-refractivity contribution in [2.45, 2.75) is 58.0 Å². The first-order valence-electron chi connectivity index (χ1n) is 12.9. The molecule has 0 radical (unpaired) electrons. The van der Waals surface area contributed by atoms with Crippen LogP contribution in [0.3, 0.4) is 0 Å². The van der Waals surface area contributed by atoms with Crippen molar-refractivity contribution in [2.75, 3.05) is 18.0 Å². The molecule has 7 nitrogen and oxygen atoms in total. The molecule has 192 valence electrons. The summed E-state index contributed by atoms with van der Waals surface area (Å²) in [5.74, 6) is -0.473. The number of hydrogen-bond acceptors (Lipinski definition) is 5. The molecule has 2 fully saturated rings. The third-order valence-electron chi connectivity index (χ3n) is 7.64. The average Bonchev–Trinajstić information content (AvgIpc) is 3.44. The summed E-state index contributed by atoms with van der Waals surface area (Å²) in [5, 5.41) is 7.52.